The molecule has 5 aromatic rings. The lowest BCUT2D eigenvalue weighted by molar-refractivity contribution is 0.733. The third-order valence-electron chi connectivity index (χ3n) is 6.48. The fourth-order valence-corrected chi connectivity index (χ4v) is 4.87. The summed E-state index contributed by atoms with van der Waals surface area (Å²) in [6, 6.07) is 21.3. The van der Waals surface area contributed by atoms with Crippen LogP contribution in [0.2, 0.25) is 0 Å². The summed E-state index contributed by atoms with van der Waals surface area (Å²) < 4.78 is 2.24. The number of rotatable bonds is 2. The van der Waals surface area contributed by atoms with Crippen molar-refractivity contribution in [2.24, 2.45) is 0 Å². The molecular weight excluding hydrogens is 382 g/mol. The van der Waals surface area contributed by atoms with Crippen LogP contribution in [-0.4, -0.2) is 27.7 Å². The summed E-state index contributed by atoms with van der Waals surface area (Å²) in [4.78, 5) is 13.8. The minimum Gasteiger partial charge on any atom is -0.353 e. The van der Waals surface area contributed by atoms with E-state index in [4.69, 9.17) is 0 Å². The Morgan fingerprint density at radius 3 is 2.42 bits per heavy atom. The van der Waals surface area contributed by atoms with Crippen molar-refractivity contribution in [3.63, 3.8) is 0 Å². The predicted molar refractivity (Wildman–Crippen MR) is 128 cm³/mol. The SMILES string of the molecule is Cc1cc2c3cnccc3n(-c3ccccn3)c2cc1N1c2ccccc2N(C)[C@@H]1C. The second-order valence-electron chi connectivity index (χ2n) is 8.17. The molecule has 1 aliphatic heterocycles. The van der Waals surface area contributed by atoms with Gasteiger partial charge < -0.3 is 9.80 Å². The van der Waals surface area contributed by atoms with Crippen LogP contribution in [-0.2, 0) is 0 Å². The van der Waals surface area contributed by atoms with E-state index in [1.165, 1.54) is 28.0 Å². The molecule has 0 unspecified atom stereocenters. The zero-order valence-electron chi connectivity index (χ0n) is 17.8. The highest BCUT2D eigenvalue weighted by Crippen LogP contribution is 2.45. The molecule has 0 bridgehead atoms. The fraction of sp³-hybridized carbons (Fsp3) is 0.154. The van der Waals surface area contributed by atoms with E-state index in [1.54, 1.807) is 0 Å². The zero-order chi connectivity index (χ0) is 21.1. The summed E-state index contributed by atoms with van der Waals surface area (Å²) in [5.41, 5.74) is 7.21. The van der Waals surface area contributed by atoms with Crippen LogP contribution in [0.15, 0.2) is 79.3 Å². The van der Waals surface area contributed by atoms with Gasteiger partial charge >= 0.3 is 0 Å². The van der Waals surface area contributed by atoms with Gasteiger partial charge in [0, 0.05) is 42.1 Å². The van der Waals surface area contributed by atoms with Crippen molar-refractivity contribution in [2.75, 3.05) is 16.8 Å². The normalized spacial score (nSPS) is 15.8. The number of aryl methyl sites for hydroxylation is 1. The molecule has 3 aromatic heterocycles. The van der Waals surface area contributed by atoms with Crippen molar-refractivity contribution in [2.45, 2.75) is 20.0 Å². The van der Waals surface area contributed by atoms with E-state index in [0.717, 1.165) is 22.2 Å². The molecule has 1 atom stereocenters. The first kappa shape index (κ1) is 18.0. The van der Waals surface area contributed by atoms with Gasteiger partial charge in [0.05, 0.1) is 22.4 Å². The first-order valence-electron chi connectivity index (χ1n) is 10.6. The van der Waals surface area contributed by atoms with Crippen LogP contribution in [0.4, 0.5) is 17.1 Å². The Hall–Kier alpha value is -3.86. The average Bonchev–Trinajstić information content (AvgIpc) is 3.25. The highest BCUT2D eigenvalue weighted by molar-refractivity contribution is 6.10. The summed E-state index contributed by atoms with van der Waals surface area (Å²) in [5.74, 6) is 0.912. The van der Waals surface area contributed by atoms with E-state index < -0.39 is 0 Å². The van der Waals surface area contributed by atoms with Crippen LogP contribution in [0, 0.1) is 6.92 Å². The van der Waals surface area contributed by atoms with Gasteiger partial charge in [0.1, 0.15) is 12.0 Å². The standard InChI is InChI=1S/C26H23N5/c1-17-14-19-20-16-27-13-11-21(20)31(26-10-6-7-12-28-26)25(19)15-24(17)30-18(2)29(3)22-8-4-5-9-23(22)30/h4-16,18H,1-3H3/t18-/m0/s1. The van der Waals surface area contributed by atoms with Gasteiger partial charge in [0.25, 0.3) is 0 Å². The smallest absolute Gasteiger partial charge is 0.137 e. The molecule has 0 radical (unpaired) electrons. The first-order chi connectivity index (χ1) is 15.1. The predicted octanol–water partition coefficient (Wildman–Crippen LogP) is 5.82. The maximum Gasteiger partial charge on any atom is 0.137 e. The van der Waals surface area contributed by atoms with Crippen LogP contribution in [0.25, 0.3) is 27.6 Å². The van der Waals surface area contributed by atoms with Crippen molar-refractivity contribution in [1.82, 2.24) is 14.5 Å². The number of pyridine rings is 2. The largest absolute Gasteiger partial charge is 0.353 e. The van der Waals surface area contributed by atoms with Gasteiger partial charge in [-0.15, -0.1) is 0 Å². The van der Waals surface area contributed by atoms with Crippen molar-refractivity contribution >= 4 is 38.9 Å². The molecule has 5 nitrogen and oxygen atoms in total. The van der Waals surface area contributed by atoms with Crippen LogP contribution in [0.3, 0.4) is 0 Å². The van der Waals surface area contributed by atoms with Crippen LogP contribution in [0.5, 0.6) is 0 Å². The van der Waals surface area contributed by atoms with Crippen LogP contribution in [0.1, 0.15) is 12.5 Å². The summed E-state index contributed by atoms with van der Waals surface area (Å²) in [7, 11) is 2.16. The molecule has 31 heavy (non-hydrogen) atoms. The number of para-hydroxylation sites is 2. The average molecular weight is 406 g/mol. The van der Waals surface area contributed by atoms with E-state index >= 15 is 0 Å². The molecule has 4 heterocycles. The van der Waals surface area contributed by atoms with E-state index in [9.17, 15) is 0 Å². The fourth-order valence-electron chi connectivity index (χ4n) is 4.87. The number of anilines is 3. The summed E-state index contributed by atoms with van der Waals surface area (Å²) in [5, 5.41) is 2.34. The lowest BCUT2D eigenvalue weighted by Crippen LogP contribution is -2.35. The first-order valence-corrected chi connectivity index (χ1v) is 10.6. The molecule has 1 aliphatic rings. The molecule has 152 valence electrons. The lowest BCUT2D eigenvalue weighted by Gasteiger charge is -2.29. The van der Waals surface area contributed by atoms with Crippen molar-refractivity contribution in [3.8, 4) is 5.82 Å². The van der Waals surface area contributed by atoms with E-state index in [2.05, 4.69) is 93.8 Å². The number of nitrogens with zero attached hydrogens (tertiary/aromatic N) is 5. The van der Waals surface area contributed by atoms with Gasteiger partial charge in [-0.2, -0.15) is 0 Å². The molecule has 5 heteroatoms. The summed E-state index contributed by atoms with van der Waals surface area (Å²) >= 11 is 0. The number of fused-ring (bicyclic) bond motifs is 4. The Bertz CT molecular complexity index is 1440. The van der Waals surface area contributed by atoms with Crippen LogP contribution < -0.4 is 9.80 Å². The molecule has 0 aliphatic carbocycles. The molecule has 6 rings (SSSR count). The molecule has 0 N–H and O–H groups in total. The molecule has 2 aromatic carbocycles. The number of benzene rings is 2. The monoisotopic (exact) mass is 405 g/mol. The Balaban J connectivity index is 1.67. The van der Waals surface area contributed by atoms with Gasteiger partial charge in [-0.05, 0) is 61.9 Å². The topological polar surface area (TPSA) is 37.2 Å². The van der Waals surface area contributed by atoms with E-state index in [1.807, 2.05) is 30.7 Å². The molecule has 0 saturated carbocycles. The lowest BCUT2D eigenvalue weighted by atomic mass is 10.1. The molecule has 0 spiro atoms. The second kappa shape index (κ2) is 6.57. The van der Waals surface area contributed by atoms with Gasteiger partial charge in [0.2, 0.25) is 0 Å². The van der Waals surface area contributed by atoms with E-state index in [0.29, 0.717) is 0 Å². The van der Waals surface area contributed by atoms with Gasteiger partial charge in [-0.25, -0.2) is 4.98 Å². The molecular formula is C26H23N5. The van der Waals surface area contributed by atoms with Crippen molar-refractivity contribution in [3.05, 3.63) is 84.8 Å². The van der Waals surface area contributed by atoms with Crippen molar-refractivity contribution < 1.29 is 0 Å². The highest BCUT2D eigenvalue weighted by Gasteiger charge is 2.32. The Morgan fingerprint density at radius 2 is 1.61 bits per heavy atom. The van der Waals surface area contributed by atoms with Crippen LogP contribution >= 0.6 is 0 Å². The maximum absolute atomic E-state index is 4.65. The Kier molecular flexibility index (Phi) is 3.81. The van der Waals surface area contributed by atoms with Gasteiger partial charge in [-0.3, -0.25) is 9.55 Å². The molecule has 0 amide bonds. The molecule has 0 fully saturated rings. The Morgan fingerprint density at radius 1 is 0.806 bits per heavy atom. The third-order valence-corrected chi connectivity index (χ3v) is 6.48. The third kappa shape index (κ3) is 2.49. The van der Waals surface area contributed by atoms with E-state index in [-0.39, 0.29) is 6.17 Å². The van der Waals surface area contributed by atoms with Gasteiger partial charge in [-0.1, -0.05) is 18.2 Å². The zero-order valence-corrected chi connectivity index (χ0v) is 17.8. The quantitative estimate of drug-likeness (QED) is 0.371. The minimum absolute atomic E-state index is 0.225. The Labute approximate surface area is 181 Å². The number of aromatic nitrogens is 3. The summed E-state index contributed by atoms with van der Waals surface area (Å²) in [6.45, 7) is 4.45. The maximum atomic E-state index is 4.65. The number of hydrogen-bond donors (Lipinski definition) is 0. The minimum atomic E-state index is 0.225. The number of hydrogen-bond acceptors (Lipinski definition) is 4. The highest BCUT2D eigenvalue weighted by atomic mass is 15.4. The second-order valence-corrected chi connectivity index (χ2v) is 8.17. The van der Waals surface area contributed by atoms with Crippen molar-refractivity contribution in [1.29, 1.82) is 0 Å². The summed E-state index contributed by atoms with van der Waals surface area (Å²) in [6.07, 6.45) is 5.87. The van der Waals surface area contributed by atoms with Gasteiger partial charge in [0.15, 0.2) is 0 Å². The molecule has 0 saturated heterocycles.